The quantitative estimate of drug-likeness (QED) is 0.560. The van der Waals surface area contributed by atoms with Crippen LogP contribution >= 0.6 is 11.3 Å². The highest BCUT2D eigenvalue weighted by atomic mass is 32.1. The molecule has 0 bridgehead atoms. The number of aromatic nitrogens is 1. The number of fused-ring (bicyclic) bond motifs is 1. The molecule has 10 heteroatoms. The van der Waals surface area contributed by atoms with Crippen LogP contribution in [0.15, 0.2) is 36.4 Å². The second kappa shape index (κ2) is 7.17. The Morgan fingerprint density at radius 1 is 1.14 bits per heavy atom. The molecule has 28 heavy (non-hydrogen) atoms. The third kappa shape index (κ3) is 4.02. The fourth-order valence-corrected chi connectivity index (χ4v) is 3.99. The number of anilines is 1. The molecule has 1 fully saturated rings. The molecule has 1 atom stereocenters. The standard InChI is InChI=1S/C18H13F5N2O2S/c19-12-7-14-16(8-13(12)20)28-17(24-14)25-4-5-26-15(9-25)10-2-1-3-11(6-10)27-18(21,22)23/h1-3,6-8,15H,4-5,9H2. The molecule has 0 amide bonds. The number of hydrogen-bond acceptors (Lipinski definition) is 5. The van der Waals surface area contributed by atoms with Crippen molar-refractivity contribution in [3.63, 3.8) is 0 Å². The Balaban J connectivity index is 1.56. The van der Waals surface area contributed by atoms with E-state index in [-0.39, 0.29) is 5.75 Å². The van der Waals surface area contributed by atoms with E-state index in [9.17, 15) is 22.0 Å². The first-order chi connectivity index (χ1) is 13.3. The molecule has 2 aromatic carbocycles. The van der Waals surface area contributed by atoms with Gasteiger partial charge < -0.3 is 14.4 Å². The molecule has 4 rings (SSSR count). The Bertz CT molecular complexity index is 968. The monoisotopic (exact) mass is 416 g/mol. The minimum absolute atomic E-state index is 0.323. The lowest BCUT2D eigenvalue weighted by Crippen LogP contribution is -2.38. The van der Waals surface area contributed by atoms with E-state index >= 15 is 0 Å². The number of hydrogen-bond donors (Lipinski definition) is 0. The van der Waals surface area contributed by atoms with Gasteiger partial charge in [0.25, 0.3) is 0 Å². The maximum absolute atomic E-state index is 13.4. The van der Waals surface area contributed by atoms with Crippen molar-refractivity contribution >= 4 is 26.7 Å². The van der Waals surface area contributed by atoms with E-state index in [0.29, 0.717) is 40.6 Å². The van der Waals surface area contributed by atoms with Crippen LogP contribution in [0, 0.1) is 11.6 Å². The summed E-state index contributed by atoms with van der Waals surface area (Å²) in [6.07, 6.45) is -5.27. The Morgan fingerprint density at radius 3 is 2.71 bits per heavy atom. The first-order valence-electron chi connectivity index (χ1n) is 8.26. The van der Waals surface area contributed by atoms with E-state index in [2.05, 4.69) is 9.72 Å². The van der Waals surface area contributed by atoms with Gasteiger partial charge in [-0.05, 0) is 23.8 Å². The average Bonchev–Trinajstić information content (AvgIpc) is 3.04. The van der Waals surface area contributed by atoms with Crippen LogP contribution in [0.1, 0.15) is 11.7 Å². The summed E-state index contributed by atoms with van der Waals surface area (Å²) in [5.74, 6) is -2.23. The first-order valence-corrected chi connectivity index (χ1v) is 9.08. The van der Waals surface area contributed by atoms with Crippen molar-refractivity contribution in [1.29, 1.82) is 0 Å². The summed E-state index contributed by atoms with van der Waals surface area (Å²) in [4.78, 5) is 6.22. The molecule has 0 aliphatic carbocycles. The van der Waals surface area contributed by atoms with Crippen molar-refractivity contribution in [1.82, 2.24) is 4.98 Å². The lowest BCUT2D eigenvalue weighted by Gasteiger charge is -2.33. The number of ether oxygens (including phenoxy) is 2. The molecular weight excluding hydrogens is 403 g/mol. The van der Waals surface area contributed by atoms with Crippen molar-refractivity contribution in [3.8, 4) is 5.75 Å². The van der Waals surface area contributed by atoms with E-state index in [4.69, 9.17) is 4.74 Å². The summed E-state index contributed by atoms with van der Waals surface area (Å²) in [7, 11) is 0. The summed E-state index contributed by atoms with van der Waals surface area (Å²) in [6.45, 7) is 1.16. The maximum Gasteiger partial charge on any atom is 0.573 e. The molecule has 0 radical (unpaired) electrons. The predicted molar refractivity (Wildman–Crippen MR) is 93.6 cm³/mol. The van der Waals surface area contributed by atoms with Gasteiger partial charge in [0.2, 0.25) is 0 Å². The SMILES string of the molecule is Fc1cc2nc(N3CCOC(c4cccc(OC(F)(F)F)c4)C3)sc2cc1F. The number of benzene rings is 2. The number of nitrogens with zero attached hydrogens (tertiary/aromatic N) is 2. The molecule has 3 aromatic rings. The molecule has 2 heterocycles. The van der Waals surface area contributed by atoms with Gasteiger partial charge in [-0.15, -0.1) is 13.2 Å². The van der Waals surface area contributed by atoms with Gasteiger partial charge in [-0.1, -0.05) is 23.5 Å². The van der Waals surface area contributed by atoms with Gasteiger partial charge in [-0.2, -0.15) is 0 Å². The third-order valence-corrected chi connectivity index (χ3v) is 5.30. The molecule has 1 aliphatic heterocycles. The fourth-order valence-electron chi connectivity index (χ4n) is 2.98. The van der Waals surface area contributed by atoms with E-state index < -0.39 is 24.1 Å². The summed E-state index contributed by atoms with van der Waals surface area (Å²) >= 11 is 1.21. The number of rotatable bonds is 3. The smallest absolute Gasteiger partial charge is 0.406 e. The van der Waals surface area contributed by atoms with Crippen molar-refractivity contribution in [3.05, 3.63) is 53.6 Å². The van der Waals surface area contributed by atoms with Crippen LogP contribution < -0.4 is 9.64 Å². The molecule has 1 saturated heterocycles. The van der Waals surface area contributed by atoms with Gasteiger partial charge in [-0.25, -0.2) is 13.8 Å². The van der Waals surface area contributed by atoms with Crippen LogP contribution in [-0.2, 0) is 4.74 Å². The second-order valence-electron chi connectivity index (χ2n) is 6.16. The second-order valence-corrected chi connectivity index (χ2v) is 7.17. The average molecular weight is 416 g/mol. The molecular formula is C18H13F5N2O2S. The van der Waals surface area contributed by atoms with E-state index in [1.807, 2.05) is 4.90 Å². The van der Waals surface area contributed by atoms with E-state index in [1.54, 1.807) is 6.07 Å². The highest BCUT2D eigenvalue weighted by molar-refractivity contribution is 7.22. The van der Waals surface area contributed by atoms with Gasteiger partial charge in [0.15, 0.2) is 16.8 Å². The molecule has 0 N–H and O–H groups in total. The Kier molecular flexibility index (Phi) is 4.84. The van der Waals surface area contributed by atoms with Crippen LogP contribution in [0.25, 0.3) is 10.2 Å². The first kappa shape index (κ1) is 18.9. The lowest BCUT2D eigenvalue weighted by molar-refractivity contribution is -0.274. The zero-order valence-electron chi connectivity index (χ0n) is 14.2. The van der Waals surface area contributed by atoms with Gasteiger partial charge in [0.05, 0.1) is 23.4 Å². The van der Waals surface area contributed by atoms with Gasteiger partial charge >= 0.3 is 6.36 Å². The van der Waals surface area contributed by atoms with Crippen LogP contribution in [0.5, 0.6) is 5.75 Å². The number of morpholine rings is 1. The molecule has 4 nitrogen and oxygen atoms in total. The van der Waals surface area contributed by atoms with Gasteiger partial charge in [0, 0.05) is 12.6 Å². The summed E-state index contributed by atoms with van der Waals surface area (Å²) in [6, 6.07) is 7.75. The Morgan fingerprint density at radius 2 is 1.93 bits per heavy atom. The zero-order chi connectivity index (χ0) is 19.9. The lowest BCUT2D eigenvalue weighted by atomic mass is 10.1. The number of thiazole rings is 1. The summed E-state index contributed by atoms with van der Waals surface area (Å²) < 4.78 is 74.3. The summed E-state index contributed by atoms with van der Waals surface area (Å²) in [5.41, 5.74) is 0.882. The Hall–Kier alpha value is -2.46. The molecule has 0 saturated carbocycles. The third-order valence-electron chi connectivity index (χ3n) is 4.22. The largest absolute Gasteiger partial charge is 0.573 e. The van der Waals surface area contributed by atoms with Crippen LogP contribution in [-0.4, -0.2) is 31.0 Å². The predicted octanol–water partition coefficient (Wildman–Crippen LogP) is 5.05. The maximum atomic E-state index is 13.4. The summed E-state index contributed by atoms with van der Waals surface area (Å²) in [5, 5.41) is 0.566. The van der Waals surface area contributed by atoms with Crippen LogP contribution in [0.2, 0.25) is 0 Å². The van der Waals surface area contributed by atoms with Crippen molar-refractivity contribution in [2.24, 2.45) is 0 Å². The van der Waals surface area contributed by atoms with Crippen molar-refractivity contribution in [2.75, 3.05) is 24.6 Å². The molecule has 0 spiro atoms. The fraction of sp³-hybridized carbons (Fsp3) is 0.278. The normalized spacial score (nSPS) is 17.9. The minimum atomic E-state index is -4.77. The topological polar surface area (TPSA) is 34.6 Å². The molecule has 1 unspecified atom stereocenters. The van der Waals surface area contributed by atoms with Gasteiger partial charge in [0.1, 0.15) is 11.9 Å². The Labute approximate surface area is 160 Å². The highest BCUT2D eigenvalue weighted by Gasteiger charge is 2.32. The van der Waals surface area contributed by atoms with Gasteiger partial charge in [-0.3, -0.25) is 0 Å². The van der Waals surface area contributed by atoms with Crippen molar-refractivity contribution in [2.45, 2.75) is 12.5 Å². The van der Waals surface area contributed by atoms with E-state index in [0.717, 1.165) is 12.1 Å². The number of alkyl halides is 3. The van der Waals surface area contributed by atoms with Crippen LogP contribution in [0.4, 0.5) is 27.1 Å². The highest BCUT2D eigenvalue weighted by Crippen LogP contribution is 2.34. The van der Waals surface area contributed by atoms with Crippen LogP contribution in [0.3, 0.4) is 0 Å². The molecule has 148 valence electrons. The zero-order valence-corrected chi connectivity index (χ0v) is 15.0. The molecule has 1 aliphatic rings. The molecule has 1 aromatic heterocycles. The minimum Gasteiger partial charge on any atom is -0.406 e. The number of halogens is 5. The van der Waals surface area contributed by atoms with Crippen molar-refractivity contribution < 1.29 is 31.4 Å². The van der Waals surface area contributed by atoms with E-state index in [1.165, 1.54) is 29.5 Å².